The SMILES string of the molecule is O=C(c1ccc(O)cc1)c1ccc(N2CCOCC2)cc1. The van der Waals surface area contributed by atoms with Crippen LogP contribution in [0.5, 0.6) is 5.75 Å². The average molecular weight is 283 g/mol. The van der Waals surface area contributed by atoms with Crippen LogP contribution < -0.4 is 4.90 Å². The van der Waals surface area contributed by atoms with Gasteiger partial charge in [0.1, 0.15) is 5.75 Å². The minimum absolute atomic E-state index is 0.0384. The molecule has 1 heterocycles. The molecule has 1 N–H and O–H groups in total. The van der Waals surface area contributed by atoms with Crippen LogP contribution in [0, 0.1) is 0 Å². The zero-order chi connectivity index (χ0) is 14.7. The first-order chi connectivity index (χ1) is 10.2. The maximum atomic E-state index is 12.3. The van der Waals surface area contributed by atoms with Crippen LogP contribution in [0.15, 0.2) is 48.5 Å². The molecule has 0 bridgehead atoms. The summed E-state index contributed by atoms with van der Waals surface area (Å²) in [5.74, 6) is 0.123. The van der Waals surface area contributed by atoms with Crippen molar-refractivity contribution in [1.82, 2.24) is 0 Å². The molecule has 3 rings (SSSR count). The molecule has 0 atom stereocenters. The van der Waals surface area contributed by atoms with E-state index in [2.05, 4.69) is 4.90 Å². The molecule has 0 radical (unpaired) electrons. The molecular weight excluding hydrogens is 266 g/mol. The fourth-order valence-corrected chi connectivity index (χ4v) is 2.42. The van der Waals surface area contributed by atoms with Crippen molar-refractivity contribution in [3.05, 3.63) is 59.7 Å². The maximum absolute atomic E-state index is 12.3. The van der Waals surface area contributed by atoms with Crippen molar-refractivity contribution in [2.24, 2.45) is 0 Å². The van der Waals surface area contributed by atoms with E-state index < -0.39 is 0 Å². The molecule has 0 saturated carbocycles. The molecule has 1 aliphatic heterocycles. The molecule has 2 aromatic rings. The molecule has 1 fully saturated rings. The minimum Gasteiger partial charge on any atom is -0.508 e. The van der Waals surface area contributed by atoms with Gasteiger partial charge in [-0.15, -0.1) is 0 Å². The van der Waals surface area contributed by atoms with Crippen molar-refractivity contribution in [3.8, 4) is 5.75 Å². The summed E-state index contributed by atoms with van der Waals surface area (Å²) in [5, 5.41) is 9.26. The van der Waals surface area contributed by atoms with Crippen LogP contribution in [-0.4, -0.2) is 37.2 Å². The second-order valence-electron chi connectivity index (χ2n) is 5.02. The van der Waals surface area contributed by atoms with E-state index in [0.717, 1.165) is 32.0 Å². The molecule has 1 saturated heterocycles. The predicted molar refractivity (Wildman–Crippen MR) is 81.0 cm³/mol. The Morgan fingerprint density at radius 2 is 1.43 bits per heavy atom. The summed E-state index contributed by atoms with van der Waals surface area (Å²) >= 11 is 0. The molecular formula is C17H17NO3. The summed E-state index contributed by atoms with van der Waals surface area (Å²) in [7, 11) is 0. The van der Waals surface area contributed by atoms with E-state index in [1.54, 1.807) is 12.1 Å². The summed E-state index contributed by atoms with van der Waals surface area (Å²) < 4.78 is 5.33. The van der Waals surface area contributed by atoms with Crippen molar-refractivity contribution in [2.75, 3.05) is 31.2 Å². The Bertz CT molecular complexity index is 613. The van der Waals surface area contributed by atoms with E-state index in [9.17, 15) is 9.90 Å². The Kier molecular flexibility index (Phi) is 3.88. The summed E-state index contributed by atoms with van der Waals surface area (Å²) in [4.78, 5) is 14.6. The predicted octanol–water partition coefficient (Wildman–Crippen LogP) is 2.46. The summed E-state index contributed by atoms with van der Waals surface area (Å²) in [6.07, 6.45) is 0. The van der Waals surface area contributed by atoms with Gasteiger partial charge in [0.25, 0.3) is 0 Å². The monoisotopic (exact) mass is 283 g/mol. The van der Waals surface area contributed by atoms with Gasteiger partial charge in [-0.2, -0.15) is 0 Å². The van der Waals surface area contributed by atoms with Gasteiger partial charge in [-0.05, 0) is 48.5 Å². The molecule has 1 aliphatic rings. The second kappa shape index (κ2) is 5.97. The van der Waals surface area contributed by atoms with Gasteiger partial charge >= 0.3 is 0 Å². The average Bonchev–Trinajstić information content (AvgIpc) is 2.56. The largest absolute Gasteiger partial charge is 0.508 e. The number of rotatable bonds is 3. The Hall–Kier alpha value is -2.33. The van der Waals surface area contributed by atoms with Gasteiger partial charge in [0.05, 0.1) is 13.2 Å². The van der Waals surface area contributed by atoms with Gasteiger partial charge in [0, 0.05) is 29.9 Å². The number of carbonyl (C=O) groups excluding carboxylic acids is 1. The number of anilines is 1. The fourth-order valence-electron chi connectivity index (χ4n) is 2.42. The summed E-state index contributed by atoms with van der Waals surface area (Å²) in [6, 6.07) is 13.9. The highest BCUT2D eigenvalue weighted by Crippen LogP contribution is 2.19. The van der Waals surface area contributed by atoms with Crippen LogP contribution in [-0.2, 0) is 4.74 Å². The van der Waals surface area contributed by atoms with E-state index in [4.69, 9.17) is 4.74 Å². The normalized spacial score (nSPS) is 15.0. The number of phenols is 1. The van der Waals surface area contributed by atoms with Gasteiger partial charge in [0.2, 0.25) is 0 Å². The van der Waals surface area contributed by atoms with Crippen molar-refractivity contribution in [1.29, 1.82) is 0 Å². The topological polar surface area (TPSA) is 49.8 Å². The fraction of sp³-hybridized carbons (Fsp3) is 0.235. The van der Waals surface area contributed by atoms with Crippen molar-refractivity contribution >= 4 is 11.5 Å². The van der Waals surface area contributed by atoms with Crippen LogP contribution in [0.1, 0.15) is 15.9 Å². The third-order valence-electron chi connectivity index (χ3n) is 3.64. The zero-order valence-electron chi connectivity index (χ0n) is 11.7. The molecule has 0 spiro atoms. The quantitative estimate of drug-likeness (QED) is 0.879. The minimum atomic E-state index is -0.0384. The van der Waals surface area contributed by atoms with E-state index in [0.29, 0.717) is 11.1 Å². The number of ether oxygens (including phenoxy) is 1. The summed E-state index contributed by atoms with van der Waals surface area (Å²) in [6.45, 7) is 3.25. The van der Waals surface area contributed by atoms with Crippen LogP contribution in [0.4, 0.5) is 5.69 Å². The lowest BCUT2D eigenvalue weighted by Crippen LogP contribution is -2.36. The number of morpholine rings is 1. The van der Waals surface area contributed by atoms with Gasteiger partial charge in [0.15, 0.2) is 5.78 Å². The highest BCUT2D eigenvalue weighted by atomic mass is 16.5. The molecule has 2 aromatic carbocycles. The standard InChI is InChI=1S/C17H17NO3/c19-16-7-3-14(4-8-16)17(20)13-1-5-15(6-2-13)18-9-11-21-12-10-18/h1-8,19H,9-12H2. The van der Waals surface area contributed by atoms with E-state index >= 15 is 0 Å². The van der Waals surface area contributed by atoms with Crippen molar-refractivity contribution in [3.63, 3.8) is 0 Å². The zero-order valence-corrected chi connectivity index (χ0v) is 11.7. The molecule has 0 amide bonds. The third-order valence-corrected chi connectivity index (χ3v) is 3.64. The van der Waals surface area contributed by atoms with Crippen LogP contribution in [0.3, 0.4) is 0 Å². The number of hydrogen-bond donors (Lipinski definition) is 1. The Morgan fingerprint density at radius 1 is 0.905 bits per heavy atom. The second-order valence-corrected chi connectivity index (χ2v) is 5.02. The molecule has 21 heavy (non-hydrogen) atoms. The highest BCUT2D eigenvalue weighted by Gasteiger charge is 2.13. The number of hydrogen-bond acceptors (Lipinski definition) is 4. The Morgan fingerprint density at radius 3 is 2.00 bits per heavy atom. The molecule has 4 nitrogen and oxygen atoms in total. The molecule has 0 aromatic heterocycles. The third kappa shape index (κ3) is 3.06. The van der Waals surface area contributed by atoms with Gasteiger partial charge in [-0.25, -0.2) is 0 Å². The number of ketones is 1. The summed E-state index contributed by atoms with van der Waals surface area (Å²) in [5.41, 5.74) is 2.34. The van der Waals surface area contributed by atoms with Crippen LogP contribution in [0.2, 0.25) is 0 Å². The first kappa shape index (κ1) is 13.6. The lowest BCUT2D eigenvalue weighted by Gasteiger charge is -2.28. The first-order valence-corrected chi connectivity index (χ1v) is 7.00. The number of aromatic hydroxyl groups is 1. The van der Waals surface area contributed by atoms with E-state index in [1.165, 1.54) is 12.1 Å². The van der Waals surface area contributed by atoms with Crippen molar-refractivity contribution < 1.29 is 14.6 Å². The highest BCUT2D eigenvalue weighted by molar-refractivity contribution is 6.09. The van der Waals surface area contributed by atoms with Crippen LogP contribution in [0.25, 0.3) is 0 Å². The number of phenolic OH excluding ortho intramolecular Hbond substituents is 1. The lowest BCUT2D eigenvalue weighted by molar-refractivity contribution is 0.103. The smallest absolute Gasteiger partial charge is 0.193 e. The molecule has 0 unspecified atom stereocenters. The molecule has 108 valence electrons. The van der Waals surface area contributed by atoms with Crippen LogP contribution >= 0.6 is 0 Å². The van der Waals surface area contributed by atoms with Gasteiger partial charge in [-0.3, -0.25) is 4.79 Å². The number of carbonyl (C=O) groups is 1. The Balaban J connectivity index is 1.77. The molecule has 0 aliphatic carbocycles. The number of nitrogens with zero attached hydrogens (tertiary/aromatic N) is 1. The number of benzene rings is 2. The van der Waals surface area contributed by atoms with Gasteiger partial charge < -0.3 is 14.7 Å². The Labute approximate surface area is 123 Å². The lowest BCUT2D eigenvalue weighted by atomic mass is 10.0. The maximum Gasteiger partial charge on any atom is 0.193 e. The first-order valence-electron chi connectivity index (χ1n) is 7.00. The van der Waals surface area contributed by atoms with Gasteiger partial charge in [-0.1, -0.05) is 0 Å². The van der Waals surface area contributed by atoms with E-state index in [1.807, 2.05) is 24.3 Å². The van der Waals surface area contributed by atoms with Crippen molar-refractivity contribution in [2.45, 2.75) is 0 Å². The van der Waals surface area contributed by atoms with E-state index in [-0.39, 0.29) is 11.5 Å². The molecule has 4 heteroatoms.